The molecule has 344 valence electrons. The van der Waals surface area contributed by atoms with Gasteiger partial charge in [0.25, 0.3) is 0 Å². The number of hydrogen-bond donors (Lipinski definition) is 0. The van der Waals surface area contributed by atoms with Gasteiger partial charge in [-0.15, -0.1) is 48.1 Å². The van der Waals surface area contributed by atoms with Gasteiger partial charge in [0.05, 0.1) is 13.7 Å². The maximum atomic E-state index is 9.05. The number of nitrogens with zero attached hydrogens (tertiary/aromatic N) is 4. The third kappa shape index (κ3) is 8.59. The fourth-order valence-electron chi connectivity index (χ4n) is 8.92. The van der Waals surface area contributed by atoms with E-state index >= 15 is 0 Å². The summed E-state index contributed by atoms with van der Waals surface area (Å²) in [5, 5.41) is 1.94. The molecule has 0 aliphatic carbocycles. The Labute approximate surface area is 433 Å². The van der Waals surface area contributed by atoms with Gasteiger partial charge in [-0.1, -0.05) is 174 Å². The van der Waals surface area contributed by atoms with Crippen molar-refractivity contribution in [2.45, 2.75) is 52.4 Å². The zero-order chi connectivity index (χ0) is 55.3. The summed E-state index contributed by atoms with van der Waals surface area (Å²) < 4.78 is 103. The number of anilines is 4. The molecule has 0 amide bonds. The van der Waals surface area contributed by atoms with Gasteiger partial charge in [0.1, 0.15) is 17.3 Å². The van der Waals surface area contributed by atoms with Crippen LogP contribution in [0.1, 0.15) is 66.4 Å². The number of aromatic nitrogens is 2. The minimum absolute atomic E-state index is 0. The molecule has 6 nitrogen and oxygen atoms in total. The van der Waals surface area contributed by atoms with Crippen LogP contribution in [0.25, 0.3) is 49.9 Å². The smallest absolute Gasteiger partial charge is 0.139 e. The summed E-state index contributed by atoms with van der Waals surface area (Å²) in [6.07, 6.45) is 1.75. The number of ether oxygens (including phenoxy) is 2. The number of para-hydroxylation sites is 5. The molecule has 0 bridgehead atoms. The third-order valence-corrected chi connectivity index (χ3v) is 12.0. The van der Waals surface area contributed by atoms with Crippen molar-refractivity contribution in [1.29, 1.82) is 0 Å². The molecule has 0 atom stereocenters. The van der Waals surface area contributed by atoms with Crippen molar-refractivity contribution in [3.05, 3.63) is 224 Å². The predicted molar refractivity (Wildman–Crippen MR) is 279 cm³/mol. The topological polar surface area (TPSA) is 42.8 Å². The van der Waals surface area contributed by atoms with E-state index in [9.17, 15) is 0 Å². The summed E-state index contributed by atoms with van der Waals surface area (Å²) in [4.78, 5) is 8.47. The monoisotopic (exact) mass is 1090 g/mol. The second-order valence-electron chi connectivity index (χ2n) is 18.6. The van der Waals surface area contributed by atoms with Crippen LogP contribution in [-0.4, -0.2) is 9.55 Å². The molecule has 0 spiro atoms. The largest absolute Gasteiger partial charge is 0.509 e. The van der Waals surface area contributed by atoms with Crippen LogP contribution in [-0.2, 0) is 31.9 Å². The number of fused-ring (bicyclic) bond motifs is 4. The van der Waals surface area contributed by atoms with E-state index in [2.05, 4.69) is 82.5 Å². The van der Waals surface area contributed by atoms with E-state index in [-0.39, 0.29) is 59.8 Å². The quantitative estimate of drug-likeness (QED) is 0.135. The first-order chi connectivity index (χ1) is 37.1. The van der Waals surface area contributed by atoms with E-state index in [0.717, 1.165) is 38.7 Å². The fourth-order valence-corrected chi connectivity index (χ4v) is 8.92. The fraction of sp³-hybridized carbons (Fsp3) is 0.129. The SMILES string of the molecule is [2H]c1c([2H])c([2H])c(-c2cccc(-c3c([2H])c([2H])c([2H])c([2H])c3[2H])c2N2[CH-]N(c3[c-]c(Oc4[c-]c5c(cc4)c4ccccc4n5-c4cc(Oc5c(C(C)(C)C)cccc5C(C)(C)C)ccn4)ccc3)c3ccccc32)c([2H])c1[2H].[Pt]. The van der Waals surface area contributed by atoms with Gasteiger partial charge < -0.3 is 23.8 Å². The first kappa shape index (κ1) is 34.8. The second-order valence-corrected chi connectivity index (χ2v) is 18.6. The number of benzene rings is 8. The molecule has 69 heavy (non-hydrogen) atoms. The van der Waals surface area contributed by atoms with E-state index < -0.39 is 60.4 Å². The molecular weight excluding hydrogens is 1030 g/mol. The number of hydrogen-bond acceptors (Lipinski definition) is 5. The van der Waals surface area contributed by atoms with Crippen molar-refractivity contribution in [3.63, 3.8) is 0 Å². The molecule has 1 aliphatic rings. The number of rotatable bonds is 9. The Kier molecular flexibility index (Phi) is 9.21. The van der Waals surface area contributed by atoms with Crippen molar-refractivity contribution in [2.75, 3.05) is 9.80 Å². The summed E-state index contributed by atoms with van der Waals surface area (Å²) in [5.74, 6) is 2.85. The van der Waals surface area contributed by atoms with Crippen LogP contribution >= 0.6 is 0 Å². The molecule has 7 heteroatoms. The minimum Gasteiger partial charge on any atom is -0.509 e. The van der Waals surface area contributed by atoms with Gasteiger partial charge in [-0.05, 0) is 51.6 Å². The van der Waals surface area contributed by atoms with E-state index in [1.54, 1.807) is 42.0 Å². The zero-order valence-corrected chi connectivity index (χ0v) is 41.0. The van der Waals surface area contributed by atoms with Crippen molar-refractivity contribution >= 4 is 44.6 Å². The van der Waals surface area contributed by atoms with Crippen LogP contribution in [0.4, 0.5) is 22.7 Å². The van der Waals surface area contributed by atoms with Crippen LogP contribution in [0.2, 0.25) is 0 Å². The van der Waals surface area contributed by atoms with E-state index in [0.29, 0.717) is 40.1 Å². The molecule has 3 heterocycles. The predicted octanol–water partition coefficient (Wildman–Crippen LogP) is 16.7. The summed E-state index contributed by atoms with van der Waals surface area (Å²) in [5.41, 5.74) is 5.54. The summed E-state index contributed by atoms with van der Waals surface area (Å²) in [6.45, 7) is 14.9. The molecule has 0 N–H and O–H groups in total. The average Bonchev–Trinajstić information content (AvgIpc) is 4.16. The average molecular weight is 1090 g/mol. The molecule has 0 fully saturated rings. The summed E-state index contributed by atoms with van der Waals surface area (Å²) >= 11 is 0. The van der Waals surface area contributed by atoms with Crippen LogP contribution in [0.5, 0.6) is 23.0 Å². The molecule has 1 aliphatic heterocycles. The molecule has 10 aromatic rings. The first-order valence-electron chi connectivity index (χ1n) is 27.4. The van der Waals surface area contributed by atoms with Gasteiger partial charge in [-0.25, -0.2) is 4.98 Å². The molecule has 2 aromatic heterocycles. The molecule has 11 rings (SSSR count). The number of pyridine rings is 1. The van der Waals surface area contributed by atoms with E-state index in [1.807, 2.05) is 83.8 Å². The van der Waals surface area contributed by atoms with Gasteiger partial charge in [0, 0.05) is 89.7 Å². The van der Waals surface area contributed by atoms with Gasteiger partial charge in [0.15, 0.2) is 0 Å². The normalized spacial score (nSPS) is 14.6. The molecule has 0 radical (unpaired) electrons. The van der Waals surface area contributed by atoms with Crippen molar-refractivity contribution in [2.24, 2.45) is 0 Å². The van der Waals surface area contributed by atoms with Crippen LogP contribution < -0.4 is 19.3 Å². The Hall–Kier alpha value is -7.40. The third-order valence-electron chi connectivity index (χ3n) is 12.0. The Bertz CT molecular complexity index is 3920. The van der Waals surface area contributed by atoms with Crippen molar-refractivity contribution < 1.29 is 44.2 Å². The van der Waals surface area contributed by atoms with Gasteiger partial charge in [-0.2, -0.15) is 12.1 Å². The molecule has 0 saturated carbocycles. The van der Waals surface area contributed by atoms with Crippen LogP contribution in [0.15, 0.2) is 194 Å². The molecular formula is C62H51N4O2Pt-3. The summed E-state index contributed by atoms with van der Waals surface area (Å²) in [6, 6.07) is 41.5. The minimum atomic E-state index is -0.570. The van der Waals surface area contributed by atoms with E-state index in [1.165, 1.54) is 0 Å². The van der Waals surface area contributed by atoms with Crippen LogP contribution in [0, 0.1) is 18.8 Å². The maximum Gasteiger partial charge on any atom is 0.139 e. The second kappa shape index (κ2) is 18.3. The first-order valence-corrected chi connectivity index (χ1v) is 22.4. The standard InChI is InChI=1S/C62H51N4O2.Pt/c1-61(2,3)52-29-19-30-53(62(4,5)6)60(52)68-47-36-37-63-58(40-47)66-54-31-14-13-26-50(54)51-35-34-46(39-57(51)66)67-45-25-17-24-44(38-45)64-41-65(56-33-16-15-32-55(56)64)59-48(42-20-9-7-10-21-42)27-18-28-49(59)43-22-11-8-12-23-43;/h7-37,40-41H,1-6H3;/q-3;/i7D,8D,9D,10D,11D,12D,20D,21D,22D,23D;. The molecule has 8 aromatic carbocycles. The Balaban J connectivity index is 0.00000704. The molecule has 0 unspecified atom stereocenters. The van der Waals surface area contributed by atoms with E-state index in [4.69, 9.17) is 28.2 Å². The maximum absolute atomic E-state index is 9.05. The Morgan fingerprint density at radius 3 is 1.83 bits per heavy atom. The van der Waals surface area contributed by atoms with Gasteiger partial charge in [0.2, 0.25) is 0 Å². The zero-order valence-electron chi connectivity index (χ0n) is 48.7. The van der Waals surface area contributed by atoms with Crippen molar-refractivity contribution in [3.8, 4) is 51.1 Å². The van der Waals surface area contributed by atoms with Crippen molar-refractivity contribution in [1.82, 2.24) is 9.55 Å². The van der Waals surface area contributed by atoms with Gasteiger partial charge >= 0.3 is 0 Å². The Morgan fingerprint density at radius 2 is 1.16 bits per heavy atom. The Morgan fingerprint density at radius 1 is 0.565 bits per heavy atom. The van der Waals surface area contributed by atoms with Crippen LogP contribution in [0.3, 0.4) is 0 Å². The molecule has 0 saturated heterocycles. The summed E-state index contributed by atoms with van der Waals surface area (Å²) in [7, 11) is 0. The van der Waals surface area contributed by atoms with Gasteiger partial charge in [-0.3, -0.25) is 0 Å².